The molecule has 2 saturated carbocycles. The van der Waals surface area contributed by atoms with Gasteiger partial charge in [-0.05, 0) is 49.1 Å². The van der Waals surface area contributed by atoms with Gasteiger partial charge in [-0.3, -0.25) is 9.59 Å². The van der Waals surface area contributed by atoms with Crippen LogP contribution in [0.25, 0.3) is 0 Å². The fourth-order valence-electron chi connectivity index (χ4n) is 5.68. The fourth-order valence-corrected chi connectivity index (χ4v) is 5.68. The van der Waals surface area contributed by atoms with E-state index in [9.17, 15) is 20.0 Å². The number of pyridine rings is 1. The van der Waals surface area contributed by atoms with Crippen molar-refractivity contribution in [1.82, 2.24) is 14.8 Å². The van der Waals surface area contributed by atoms with Crippen LogP contribution in [0.1, 0.15) is 66.8 Å². The van der Waals surface area contributed by atoms with Crippen molar-refractivity contribution >= 4 is 17.6 Å². The van der Waals surface area contributed by atoms with Gasteiger partial charge < -0.3 is 24.5 Å². The molecule has 0 bridgehead atoms. The highest BCUT2D eigenvalue weighted by Gasteiger charge is 2.42. The first-order chi connectivity index (χ1) is 17.0. The fraction of sp³-hybridized carbons (Fsp3) is 0.692. The molecule has 4 aliphatic rings. The Hall–Kier alpha value is -2.70. The Kier molecular flexibility index (Phi) is 6.94. The number of fused-ring (bicyclic) bond motifs is 1. The smallest absolute Gasteiger partial charge is 0.225 e. The summed E-state index contributed by atoms with van der Waals surface area (Å²) in [4.78, 5) is 36.5. The summed E-state index contributed by atoms with van der Waals surface area (Å²) in [5, 5.41) is 19.4. The maximum absolute atomic E-state index is 12.9. The lowest BCUT2D eigenvalue weighted by atomic mass is 9.91. The third kappa shape index (κ3) is 4.87. The van der Waals surface area contributed by atoms with E-state index in [0.29, 0.717) is 69.6 Å². The van der Waals surface area contributed by atoms with Crippen molar-refractivity contribution in [3.63, 3.8) is 0 Å². The van der Waals surface area contributed by atoms with Crippen LogP contribution in [0.4, 0.5) is 5.82 Å². The zero-order valence-corrected chi connectivity index (χ0v) is 20.5. The lowest BCUT2D eigenvalue weighted by Gasteiger charge is -2.43. The predicted molar refractivity (Wildman–Crippen MR) is 129 cm³/mol. The molecule has 35 heavy (non-hydrogen) atoms. The molecule has 3 fully saturated rings. The number of ether oxygens (including phenoxy) is 1. The van der Waals surface area contributed by atoms with Crippen LogP contribution in [0, 0.1) is 17.2 Å². The number of aliphatic hydroxyl groups is 1. The molecule has 1 unspecified atom stereocenters. The molecule has 1 saturated heterocycles. The number of hydrogen-bond acceptors (Lipinski definition) is 7. The Bertz CT molecular complexity index is 1030. The normalized spacial score (nSPS) is 22.1. The SMILES string of the molecule is COCCC(=O)N1CCN(c2nc(C3CC3)c3c(c2C#N)CCN(C(=O)CCO)C3)CC1C1CC1. The van der Waals surface area contributed by atoms with E-state index in [2.05, 4.69) is 11.0 Å². The Morgan fingerprint density at radius 3 is 2.57 bits per heavy atom. The zero-order valence-electron chi connectivity index (χ0n) is 20.5. The molecule has 1 atom stereocenters. The van der Waals surface area contributed by atoms with E-state index in [1.54, 1.807) is 12.0 Å². The first-order valence-corrected chi connectivity index (χ1v) is 12.9. The molecule has 0 radical (unpaired) electrons. The maximum Gasteiger partial charge on any atom is 0.225 e. The summed E-state index contributed by atoms with van der Waals surface area (Å²) >= 11 is 0. The molecule has 9 heteroatoms. The second kappa shape index (κ2) is 10.1. The third-order valence-electron chi connectivity index (χ3n) is 7.88. The third-order valence-corrected chi connectivity index (χ3v) is 7.88. The van der Waals surface area contributed by atoms with Gasteiger partial charge in [0, 0.05) is 52.2 Å². The van der Waals surface area contributed by atoms with Gasteiger partial charge in [-0.1, -0.05) is 0 Å². The average Bonchev–Trinajstić information content (AvgIpc) is 3.79. The molecule has 188 valence electrons. The van der Waals surface area contributed by atoms with Crippen molar-refractivity contribution < 1.29 is 19.4 Å². The summed E-state index contributed by atoms with van der Waals surface area (Å²) in [5.41, 5.74) is 3.75. The number of anilines is 1. The predicted octanol–water partition coefficient (Wildman–Crippen LogP) is 1.56. The second-order valence-corrected chi connectivity index (χ2v) is 10.3. The van der Waals surface area contributed by atoms with Crippen molar-refractivity contribution in [2.24, 2.45) is 5.92 Å². The van der Waals surface area contributed by atoms with Gasteiger partial charge in [0.15, 0.2) is 0 Å². The Morgan fingerprint density at radius 1 is 1.11 bits per heavy atom. The van der Waals surface area contributed by atoms with Crippen LogP contribution in [0.2, 0.25) is 0 Å². The molecule has 9 nitrogen and oxygen atoms in total. The Labute approximate surface area is 206 Å². The summed E-state index contributed by atoms with van der Waals surface area (Å²) in [6.07, 6.45) is 5.61. The van der Waals surface area contributed by atoms with Crippen molar-refractivity contribution in [3.8, 4) is 6.07 Å². The minimum Gasteiger partial charge on any atom is -0.396 e. The van der Waals surface area contributed by atoms with Gasteiger partial charge in [-0.2, -0.15) is 5.26 Å². The summed E-state index contributed by atoms with van der Waals surface area (Å²) in [6, 6.07) is 2.60. The van der Waals surface area contributed by atoms with E-state index in [4.69, 9.17) is 9.72 Å². The molecular weight excluding hydrogens is 446 g/mol. The van der Waals surface area contributed by atoms with Crippen LogP contribution in [-0.4, -0.2) is 84.2 Å². The van der Waals surface area contributed by atoms with Gasteiger partial charge >= 0.3 is 0 Å². The lowest BCUT2D eigenvalue weighted by molar-refractivity contribution is -0.135. The number of methoxy groups -OCH3 is 1. The first-order valence-electron chi connectivity index (χ1n) is 12.9. The van der Waals surface area contributed by atoms with Crippen LogP contribution in [-0.2, 0) is 27.3 Å². The molecule has 2 amide bonds. The van der Waals surface area contributed by atoms with Crippen LogP contribution >= 0.6 is 0 Å². The molecule has 1 aromatic rings. The highest BCUT2D eigenvalue weighted by atomic mass is 16.5. The van der Waals surface area contributed by atoms with Crippen molar-refractivity contribution in [3.05, 3.63) is 22.4 Å². The van der Waals surface area contributed by atoms with E-state index in [1.807, 2.05) is 4.90 Å². The zero-order chi connectivity index (χ0) is 24.5. The number of nitriles is 1. The Balaban J connectivity index is 1.44. The highest BCUT2D eigenvalue weighted by Crippen LogP contribution is 2.45. The quantitative estimate of drug-likeness (QED) is 0.600. The van der Waals surface area contributed by atoms with Crippen LogP contribution < -0.4 is 4.90 Å². The van der Waals surface area contributed by atoms with Gasteiger partial charge in [-0.15, -0.1) is 0 Å². The van der Waals surface area contributed by atoms with E-state index in [0.717, 1.165) is 48.3 Å². The summed E-state index contributed by atoms with van der Waals surface area (Å²) in [5.74, 6) is 1.76. The van der Waals surface area contributed by atoms with E-state index in [1.165, 1.54) is 0 Å². The van der Waals surface area contributed by atoms with Crippen LogP contribution in [0.15, 0.2) is 0 Å². The van der Waals surface area contributed by atoms with Gasteiger partial charge in [0.25, 0.3) is 0 Å². The van der Waals surface area contributed by atoms with E-state index >= 15 is 0 Å². The minimum absolute atomic E-state index is 0.0518. The Morgan fingerprint density at radius 2 is 1.91 bits per heavy atom. The number of aromatic nitrogens is 1. The average molecular weight is 482 g/mol. The topological polar surface area (TPSA) is 110 Å². The summed E-state index contributed by atoms with van der Waals surface area (Å²) in [6.45, 7) is 3.30. The standard InChI is InChI=1S/C26H35N5O4/c1-35-13-8-24(34)31-11-10-30(16-22(31)17-2-3-17)26-20(14-27)19-6-9-29(23(33)7-12-32)15-21(19)25(28-26)18-4-5-18/h17-18,22,32H,2-13,15-16H2,1H3. The lowest BCUT2D eigenvalue weighted by Crippen LogP contribution is -2.56. The number of carbonyl (C=O) groups is 2. The van der Waals surface area contributed by atoms with Gasteiger partial charge in [-0.25, -0.2) is 4.98 Å². The van der Waals surface area contributed by atoms with E-state index in [-0.39, 0.29) is 30.9 Å². The van der Waals surface area contributed by atoms with Crippen LogP contribution in [0.3, 0.4) is 0 Å². The number of amides is 2. The molecule has 1 N–H and O–H groups in total. The monoisotopic (exact) mass is 481 g/mol. The van der Waals surface area contributed by atoms with Crippen molar-refractivity contribution in [2.45, 2.75) is 63.5 Å². The number of aliphatic hydroxyl groups excluding tert-OH is 1. The van der Waals surface area contributed by atoms with Gasteiger partial charge in [0.05, 0.1) is 36.9 Å². The number of rotatable bonds is 8. The summed E-state index contributed by atoms with van der Waals surface area (Å²) < 4.78 is 5.12. The number of hydrogen-bond donors (Lipinski definition) is 1. The molecule has 5 rings (SSSR count). The largest absolute Gasteiger partial charge is 0.396 e. The number of nitrogens with zero attached hydrogens (tertiary/aromatic N) is 5. The number of carbonyl (C=O) groups excluding carboxylic acids is 2. The maximum atomic E-state index is 12.9. The van der Waals surface area contributed by atoms with E-state index < -0.39 is 0 Å². The molecule has 3 heterocycles. The van der Waals surface area contributed by atoms with Gasteiger partial charge in [0.1, 0.15) is 11.9 Å². The number of piperazine rings is 1. The molecule has 0 aromatic carbocycles. The summed E-state index contributed by atoms with van der Waals surface area (Å²) in [7, 11) is 1.62. The molecule has 1 aromatic heterocycles. The highest BCUT2D eigenvalue weighted by molar-refractivity contribution is 5.78. The molecule has 0 spiro atoms. The van der Waals surface area contributed by atoms with Crippen molar-refractivity contribution in [1.29, 1.82) is 5.26 Å². The minimum atomic E-state index is -0.152. The molecule has 2 aliphatic carbocycles. The van der Waals surface area contributed by atoms with Gasteiger partial charge in [0.2, 0.25) is 11.8 Å². The second-order valence-electron chi connectivity index (χ2n) is 10.3. The van der Waals surface area contributed by atoms with Crippen LogP contribution in [0.5, 0.6) is 0 Å². The first kappa shape index (κ1) is 24.0. The molecular formula is C26H35N5O4. The molecule has 2 aliphatic heterocycles. The van der Waals surface area contributed by atoms with Crippen molar-refractivity contribution in [2.75, 3.05) is 51.4 Å².